The molecule has 0 fully saturated rings. The van der Waals surface area contributed by atoms with Crippen LogP contribution in [0.3, 0.4) is 0 Å². The van der Waals surface area contributed by atoms with Crippen molar-refractivity contribution >= 4 is 22.8 Å². The van der Waals surface area contributed by atoms with Gasteiger partial charge in [-0.15, -0.1) is 0 Å². The first-order valence-corrected chi connectivity index (χ1v) is 7.07. The fraction of sp³-hybridized carbons (Fsp3) is 0.375. The average Bonchev–Trinajstić information content (AvgIpc) is 2.72. The van der Waals surface area contributed by atoms with Crippen molar-refractivity contribution in [1.29, 1.82) is 0 Å². The van der Waals surface area contributed by atoms with Crippen LogP contribution in [0.15, 0.2) is 18.2 Å². The van der Waals surface area contributed by atoms with Gasteiger partial charge in [-0.25, -0.2) is 4.79 Å². The van der Waals surface area contributed by atoms with Crippen LogP contribution >= 0.6 is 0 Å². The van der Waals surface area contributed by atoms with Crippen molar-refractivity contribution in [2.75, 3.05) is 0 Å². The summed E-state index contributed by atoms with van der Waals surface area (Å²) in [6, 6.07) is 5.17. The van der Waals surface area contributed by atoms with E-state index in [-0.39, 0.29) is 12.1 Å². The molecular formula is C16H17NO4. The summed E-state index contributed by atoms with van der Waals surface area (Å²) in [7, 11) is 0. The maximum absolute atomic E-state index is 11.5. The zero-order valence-corrected chi connectivity index (χ0v) is 11.8. The largest absolute Gasteiger partial charge is 0.480 e. The van der Waals surface area contributed by atoms with Crippen LogP contribution in [0.1, 0.15) is 35.0 Å². The zero-order chi connectivity index (χ0) is 15.1. The van der Waals surface area contributed by atoms with E-state index in [1.165, 1.54) is 6.07 Å². The molecule has 1 aliphatic rings. The molecule has 1 aromatic heterocycles. The molecule has 1 unspecified atom stereocenters. The minimum atomic E-state index is -1.02. The van der Waals surface area contributed by atoms with Gasteiger partial charge >= 0.3 is 11.9 Å². The minimum absolute atomic E-state index is 0.177. The SMILES string of the molecule is CC1CCc2c(c3cccc(C(=O)O)c3n2CC(=O)O)C1. The average molecular weight is 287 g/mol. The second-order valence-corrected chi connectivity index (χ2v) is 5.76. The van der Waals surface area contributed by atoms with Gasteiger partial charge < -0.3 is 14.8 Å². The number of fused-ring (bicyclic) bond motifs is 3. The van der Waals surface area contributed by atoms with Gasteiger partial charge in [-0.05, 0) is 36.8 Å². The highest BCUT2D eigenvalue weighted by Crippen LogP contribution is 2.35. The van der Waals surface area contributed by atoms with E-state index in [9.17, 15) is 14.7 Å². The summed E-state index contributed by atoms with van der Waals surface area (Å²) in [4.78, 5) is 22.6. The van der Waals surface area contributed by atoms with Gasteiger partial charge in [-0.3, -0.25) is 4.79 Å². The fourth-order valence-electron chi connectivity index (χ4n) is 3.36. The molecule has 1 aliphatic carbocycles. The van der Waals surface area contributed by atoms with Crippen LogP contribution in [0.4, 0.5) is 0 Å². The summed E-state index contributed by atoms with van der Waals surface area (Å²) < 4.78 is 1.68. The van der Waals surface area contributed by atoms with Crippen molar-refractivity contribution in [3.05, 3.63) is 35.0 Å². The number of rotatable bonds is 3. The number of hydrogen-bond acceptors (Lipinski definition) is 2. The van der Waals surface area contributed by atoms with Gasteiger partial charge in [-0.1, -0.05) is 19.1 Å². The lowest BCUT2D eigenvalue weighted by molar-refractivity contribution is -0.137. The molecule has 0 aliphatic heterocycles. The van der Waals surface area contributed by atoms with E-state index in [2.05, 4.69) is 6.92 Å². The smallest absolute Gasteiger partial charge is 0.337 e. The van der Waals surface area contributed by atoms with Crippen LogP contribution in [0.2, 0.25) is 0 Å². The van der Waals surface area contributed by atoms with E-state index < -0.39 is 11.9 Å². The summed E-state index contributed by atoms with van der Waals surface area (Å²) in [6.07, 6.45) is 2.68. The third-order valence-electron chi connectivity index (χ3n) is 4.26. The molecule has 0 amide bonds. The zero-order valence-electron chi connectivity index (χ0n) is 11.8. The Morgan fingerprint density at radius 1 is 1.33 bits per heavy atom. The molecule has 0 saturated heterocycles. The van der Waals surface area contributed by atoms with Gasteiger partial charge in [0, 0.05) is 11.1 Å². The molecule has 5 nitrogen and oxygen atoms in total. The van der Waals surface area contributed by atoms with Crippen molar-refractivity contribution in [2.24, 2.45) is 5.92 Å². The van der Waals surface area contributed by atoms with E-state index >= 15 is 0 Å². The van der Waals surface area contributed by atoms with Gasteiger partial charge in [0.05, 0.1) is 11.1 Å². The Morgan fingerprint density at radius 2 is 2.10 bits per heavy atom. The topological polar surface area (TPSA) is 79.5 Å². The first-order chi connectivity index (χ1) is 9.99. The van der Waals surface area contributed by atoms with E-state index in [0.29, 0.717) is 11.4 Å². The number of aromatic carboxylic acids is 1. The van der Waals surface area contributed by atoms with Gasteiger partial charge in [0.1, 0.15) is 6.54 Å². The van der Waals surface area contributed by atoms with Crippen LogP contribution < -0.4 is 0 Å². The van der Waals surface area contributed by atoms with E-state index in [4.69, 9.17) is 5.11 Å². The maximum Gasteiger partial charge on any atom is 0.337 e. The number of nitrogens with zero attached hydrogens (tertiary/aromatic N) is 1. The molecule has 1 heterocycles. The molecule has 3 rings (SSSR count). The molecule has 0 saturated carbocycles. The number of carboxylic acid groups (broad SMARTS) is 2. The van der Waals surface area contributed by atoms with E-state index in [1.54, 1.807) is 10.6 Å². The summed E-state index contributed by atoms with van der Waals surface area (Å²) in [5.74, 6) is -1.43. The number of aromatic nitrogens is 1. The summed E-state index contributed by atoms with van der Waals surface area (Å²) in [5.41, 5.74) is 2.83. The molecule has 2 N–H and O–H groups in total. The fourth-order valence-corrected chi connectivity index (χ4v) is 3.36. The van der Waals surface area contributed by atoms with Crippen molar-refractivity contribution in [1.82, 2.24) is 4.57 Å². The lowest BCUT2D eigenvalue weighted by atomic mass is 9.87. The molecule has 0 spiro atoms. The number of carbonyl (C=O) groups is 2. The van der Waals surface area contributed by atoms with Gasteiger partial charge in [0.25, 0.3) is 0 Å². The Labute approximate surface area is 121 Å². The molecule has 0 radical (unpaired) electrons. The van der Waals surface area contributed by atoms with Crippen LogP contribution in [-0.2, 0) is 24.2 Å². The van der Waals surface area contributed by atoms with E-state index in [1.807, 2.05) is 6.07 Å². The third kappa shape index (κ3) is 2.18. The number of benzene rings is 1. The van der Waals surface area contributed by atoms with Crippen molar-refractivity contribution in [3.63, 3.8) is 0 Å². The lowest BCUT2D eigenvalue weighted by Crippen LogP contribution is -2.17. The monoisotopic (exact) mass is 287 g/mol. The number of para-hydroxylation sites is 1. The highest BCUT2D eigenvalue weighted by atomic mass is 16.4. The Hall–Kier alpha value is -2.30. The molecule has 5 heteroatoms. The highest BCUT2D eigenvalue weighted by molar-refractivity contribution is 6.04. The first-order valence-electron chi connectivity index (χ1n) is 7.07. The van der Waals surface area contributed by atoms with Gasteiger partial charge in [0.15, 0.2) is 0 Å². The standard InChI is InChI=1S/C16H17NO4/c1-9-5-6-13-12(7-9)10-3-2-4-11(16(20)21)15(10)17(13)8-14(18)19/h2-4,9H,5-8H2,1H3,(H,18,19)(H,20,21). The Balaban J connectivity index is 2.35. The molecule has 21 heavy (non-hydrogen) atoms. The normalized spacial score (nSPS) is 17.7. The van der Waals surface area contributed by atoms with Crippen LogP contribution in [0.25, 0.3) is 10.9 Å². The third-order valence-corrected chi connectivity index (χ3v) is 4.26. The highest BCUT2D eigenvalue weighted by Gasteiger charge is 2.26. The van der Waals surface area contributed by atoms with E-state index in [0.717, 1.165) is 35.9 Å². The molecule has 1 atom stereocenters. The predicted molar refractivity (Wildman–Crippen MR) is 77.7 cm³/mol. The van der Waals surface area contributed by atoms with Crippen LogP contribution in [-0.4, -0.2) is 26.7 Å². The molecule has 1 aromatic carbocycles. The number of hydrogen-bond donors (Lipinski definition) is 2. The summed E-state index contributed by atoms with van der Waals surface area (Å²) in [5, 5.41) is 19.4. The van der Waals surface area contributed by atoms with Crippen LogP contribution in [0, 0.1) is 5.92 Å². The first kappa shape index (κ1) is 13.7. The second kappa shape index (κ2) is 4.91. The molecule has 110 valence electrons. The molecular weight excluding hydrogens is 270 g/mol. The maximum atomic E-state index is 11.5. The minimum Gasteiger partial charge on any atom is -0.480 e. The molecule has 2 aromatic rings. The van der Waals surface area contributed by atoms with Gasteiger partial charge in [-0.2, -0.15) is 0 Å². The Bertz CT molecular complexity index is 744. The summed E-state index contributed by atoms with van der Waals surface area (Å²) in [6.45, 7) is 1.98. The van der Waals surface area contributed by atoms with Gasteiger partial charge in [0.2, 0.25) is 0 Å². The van der Waals surface area contributed by atoms with Crippen molar-refractivity contribution < 1.29 is 19.8 Å². The summed E-state index contributed by atoms with van der Waals surface area (Å²) >= 11 is 0. The van der Waals surface area contributed by atoms with Crippen molar-refractivity contribution in [3.8, 4) is 0 Å². The predicted octanol–water partition coefficient (Wildman–Crippen LogP) is 2.55. The number of aliphatic carboxylic acids is 1. The Kier molecular flexibility index (Phi) is 3.20. The quantitative estimate of drug-likeness (QED) is 0.909. The second-order valence-electron chi connectivity index (χ2n) is 5.76. The number of carboxylic acids is 2. The van der Waals surface area contributed by atoms with Crippen LogP contribution in [0.5, 0.6) is 0 Å². The lowest BCUT2D eigenvalue weighted by Gasteiger charge is -2.20. The molecule has 0 bridgehead atoms. The Morgan fingerprint density at radius 3 is 2.76 bits per heavy atom. The van der Waals surface area contributed by atoms with Crippen molar-refractivity contribution in [2.45, 2.75) is 32.7 Å².